The highest BCUT2D eigenvalue weighted by atomic mass is 19.3. The number of anilines is 2. The van der Waals surface area contributed by atoms with Gasteiger partial charge in [-0.25, -0.2) is 13.6 Å². The van der Waals surface area contributed by atoms with E-state index >= 15 is 0 Å². The molecule has 2 atom stereocenters. The number of hydrogen-bond donors (Lipinski definition) is 0. The highest BCUT2D eigenvalue weighted by Crippen LogP contribution is 2.48. The molecule has 0 aliphatic carbocycles. The maximum Gasteiger partial charge on any atom is 0.409 e. The summed E-state index contributed by atoms with van der Waals surface area (Å²) in [6.45, 7) is 3.36. The van der Waals surface area contributed by atoms with Gasteiger partial charge in [0.1, 0.15) is 0 Å². The second kappa shape index (κ2) is 10.6. The molecule has 4 aliphatic rings. The third-order valence-electron chi connectivity index (χ3n) is 10.00. The zero-order chi connectivity index (χ0) is 30.0. The van der Waals surface area contributed by atoms with Crippen LogP contribution in [0.5, 0.6) is 0 Å². The topological polar surface area (TPSA) is 70.9 Å². The van der Waals surface area contributed by atoms with Crippen molar-refractivity contribution >= 4 is 23.4 Å². The van der Waals surface area contributed by atoms with Gasteiger partial charge >= 0.3 is 6.09 Å². The maximum absolute atomic E-state index is 14.6. The van der Waals surface area contributed by atoms with Gasteiger partial charge in [-0.05, 0) is 84.9 Å². The van der Waals surface area contributed by atoms with Gasteiger partial charge in [0.2, 0.25) is 5.91 Å². The van der Waals surface area contributed by atoms with E-state index in [1.54, 1.807) is 37.1 Å². The normalized spacial score (nSPS) is 22.7. The standard InChI is InChI=1S/C33H37F2N5O3/c1-19(41)38-17-23-9-21(22-10-25-6-7-26(11-22)40(25)33(42)43-3)13-31(29(23)18-38)39-8-4-5-20-12-27(24-15-36-37(2)16-24)28(32(34)35)14-30(20)39/h9,12-16,22,25-26,32H,4-8,10-11,17-18H2,1-3H3. The Labute approximate surface area is 250 Å². The van der Waals surface area contributed by atoms with Crippen LogP contribution in [0.4, 0.5) is 25.0 Å². The lowest BCUT2D eigenvalue weighted by Gasteiger charge is -2.39. The number of carbonyl (C=O) groups excluding carboxylic acids is 2. The van der Waals surface area contributed by atoms with E-state index in [9.17, 15) is 18.4 Å². The summed E-state index contributed by atoms with van der Waals surface area (Å²) in [4.78, 5) is 31.0. The molecule has 1 aromatic heterocycles. The van der Waals surface area contributed by atoms with Crippen LogP contribution in [0.2, 0.25) is 0 Å². The number of ether oxygens (including phenoxy) is 1. The quantitative estimate of drug-likeness (QED) is 0.350. The van der Waals surface area contributed by atoms with Gasteiger partial charge in [-0.15, -0.1) is 0 Å². The fraction of sp³-hybridized carbons (Fsp3) is 0.485. The molecule has 0 spiro atoms. The van der Waals surface area contributed by atoms with E-state index in [1.807, 2.05) is 15.9 Å². The summed E-state index contributed by atoms with van der Waals surface area (Å²) in [5.41, 5.74) is 7.50. The molecule has 2 aromatic carbocycles. The van der Waals surface area contributed by atoms with Crippen molar-refractivity contribution < 1.29 is 23.1 Å². The molecule has 0 saturated carbocycles. The number of nitrogens with zero attached hydrogens (tertiary/aromatic N) is 5. The van der Waals surface area contributed by atoms with Crippen LogP contribution in [-0.2, 0) is 36.1 Å². The van der Waals surface area contributed by atoms with Crippen molar-refractivity contribution in [2.45, 2.75) is 83.0 Å². The number of piperidine rings is 1. The second-order valence-corrected chi connectivity index (χ2v) is 12.5. The number of alkyl halides is 2. The van der Waals surface area contributed by atoms with Crippen LogP contribution in [0.1, 0.15) is 79.2 Å². The van der Waals surface area contributed by atoms with Gasteiger partial charge in [0.05, 0.1) is 13.3 Å². The van der Waals surface area contributed by atoms with E-state index < -0.39 is 6.43 Å². The van der Waals surface area contributed by atoms with Crippen LogP contribution in [0.25, 0.3) is 11.1 Å². The summed E-state index contributed by atoms with van der Waals surface area (Å²) in [5.74, 6) is 0.288. The van der Waals surface area contributed by atoms with Crippen LogP contribution in [0.15, 0.2) is 36.7 Å². The summed E-state index contributed by atoms with van der Waals surface area (Å²) in [5, 5.41) is 4.22. The highest BCUT2D eigenvalue weighted by Gasteiger charge is 2.44. The van der Waals surface area contributed by atoms with Gasteiger partial charge < -0.3 is 19.4 Å². The van der Waals surface area contributed by atoms with Crippen molar-refractivity contribution in [2.75, 3.05) is 18.6 Å². The first-order chi connectivity index (χ1) is 20.7. The highest BCUT2D eigenvalue weighted by molar-refractivity contribution is 5.80. The van der Waals surface area contributed by atoms with Crippen molar-refractivity contribution in [3.05, 3.63) is 64.5 Å². The molecule has 2 amide bonds. The van der Waals surface area contributed by atoms with E-state index in [1.165, 1.54) is 12.7 Å². The smallest absolute Gasteiger partial charge is 0.409 e. The number of aryl methyl sites for hydroxylation is 2. The molecule has 2 fully saturated rings. The number of amides is 2. The molecule has 3 aromatic rings. The fourth-order valence-electron chi connectivity index (χ4n) is 7.96. The molecule has 7 rings (SSSR count). The van der Waals surface area contributed by atoms with Crippen molar-refractivity contribution in [1.82, 2.24) is 19.6 Å². The Hall–Kier alpha value is -3.95. The molecule has 2 saturated heterocycles. The summed E-state index contributed by atoms with van der Waals surface area (Å²) >= 11 is 0. The predicted molar refractivity (Wildman–Crippen MR) is 158 cm³/mol. The number of rotatable bonds is 4. The van der Waals surface area contributed by atoms with Crippen molar-refractivity contribution in [2.24, 2.45) is 7.05 Å². The molecule has 8 nitrogen and oxygen atoms in total. The SMILES string of the molecule is COC(=O)N1C2CCC1CC(c1cc3c(c(N4CCCc5cc(-c6cnn(C)c6)c(C(F)F)cc54)c1)CN(C(C)=O)C3)C2. The summed E-state index contributed by atoms with van der Waals surface area (Å²) in [6, 6.07) is 8.39. The van der Waals surface area contributed by atoms with Gasteiger partial charge in [0, 0.05) is 80.0 Å². The Morgan fingerprint density at radius 2 is 1.79 bits per heavy atom. The number of carbonyl (C=O) groups is 2. The average molecular weight is 590 g/mol. The Morgan fingerprint density at radius 1 is 1.02 bits per heavy atom. The lowest BCUT2D eigenvalue weighted by molar-refractivity contribution is -0.129. The molecule has 2 bridgehead atoms. The van der Waals surface area contributed by atoms with Crippen LogP contribution in [0, 0.1) is 0 Å². The Balaban J connectivity index is 1.31. The Bertz CT molecular complexity index is 1590. The number of methoxy groups -OCH3 is 1. The van der Waals surface area contributed by atoms with E-state index in [4.69, 9.17) is 4.74 Å². The first-order valence-electron chi connectivity index (χ1n) is 15.2. The number of aromatic nitrogens is 2. The number of halogens is 2. The second-order valence-electron chi connectivity index (χ2n) is 12.5. The largest absolute Gasteiger partial charge is 0.453 e. The zero-order valence-electron chi connectivity index (χ0n) is 24.9. The van der Waals surface area contributed by atoms with Crippen molar-refractivity contribution in [3.63, 3.8) is 0 Å². The van der Waals surface area contributed by atoms with Crippen LogP contribution in [-0.4, -0.2) is 57.3 Å². The molecule has 43 heavy (non-hydrogen) atoms. The molecular formula is C33H37F2N5O3. The predicted octanol–water partition coefficient (Wildman–Crippen LogP) is 6.45. The molecular weight excluding hydrogens is 552 g/mol. The molecule has 226 valence electrons. The summed E-state index contributed by atoms with van der Waals surface area (Å²) in [7, 11) is 3.23. The summed E-state index contributed by atoms with van der Waals surface area (Å²) < 4.78 is 35.8. The molecule has 10 heteroatoms. The van der Waals surface area contributed by atoms with Crippen LogP contribution >= 0.6 is 0 Å². The molecule has 4 aliphatic heterocycles. The van der Waals surface area contributed by atoms with Crippen LogP contribution in [0.3, 0.4) is 0 Å². The van der Waals surface area contributed by atoms with Gasteiger partial charge in [-0.2, -0.15) is 5.10 Å². The van der Waals surface area contributed by atoms with Gasteiger partial charge in [-0.3, -0.25) is 9.48 Å². The van der Waals surface area contributed by atoms with Gasteiger partial charge in [0.15, 0.2) is 0 Å². The first kappa shape index (κ1) is 27.9. The Kier molecular flexibility index (Phi) is 6.90. The van der Waals surface area contributed by atoms with E-state index in [2.05, 4.69) is 22.1 Å². The van der Waals surface area contributed by atoms with E-state index in [-0.39, 0.29) is 35.6 Å². The van der Waals surface area contributed by atoms with Gasteiger partial charge in [0.25, 0.3) is 6.43 Å². The molecule has 2 unspecified atom stereocenters. The third kappa shape index (κ3) is 4.75. The average Bonchev–Trinajstić information content (AvgIpc) is 3.70. The Morgan fingerprint density at radius 3 is 2.44 bits per heavy atom. The lowest BCUT2D eigenvalue weighted by atomic mass is 9.83. The third-order valence-corrected chi connectivity index (χ3v) is 10.00. The molecule has 0 radical (unpaired) electrons. The number of hydrogen-bond acceptors (Lipinski definition) is 5. The fourth-order valence-corrected chi connectivity index (χ4v) is 7.96. The van der Waals surface area contributed by atoms with Gasteiger partial charge in [-0.1, -0.05) is 6.07 Å². The maximum atomic E-state index is 14.6. The summed E-state index contributed by atoms with van der Waals surface area (Å²) in [6.07, 6.45) is 5.90. The van der Waals surface area contributed by atoms with Crippen LogP contribution < -0.4 is 4.90 Å². The van der Waals surface area contributed by atoms with E-state index in [0.717, 1.165) is 66.6 Å². The number of fused-ring (bicyclic) bond motifs is 4. The zero-order valence-corrected chi connectivity index (χ0v) is 24.9. The lowest BCUT2D eigenvalue weighted by Crippen LogP contribution is -2.46. The van der Waals surface area contributed by atoms with Crippen molar-refractivity contribution in [1.29, 1.82) is 0 Å². The first-order valence-corrected chi connectivity index (χ1v) is 15.2. The monoisotopic (exact) mass is 589 g/mol. The van der Waals surface area contributed by atoms with E-state index in [0.29, 0.717) is 30.8 Å². The van der Waals surface area contributed by atoms with Crippen molar-refractivity contribution in [3.8, 4) is 11.1 Å². The molecule has 0 N–H and O–H groups in total. The molecule has 5 heterocycles. The minimum absolute atomic E-state index is 0.00331. The minimum Gasteiger partial charge on any atom is -0.453 e. The number of benzene rings is 2. The minimum atomic E-state index is -2.63.